The highest BCUT2D eigenvalue weighted by Crippen LogP contribution is 2.28. The molecule has 1 aromatic heterocycles. The lowest BCUT2D eigenvalue weighted by Crippen LogP contribution is -2.20. The van der Waals surface area contributed by atoms with Gasteiger partial charge in [-0.3, -0.25) is 14.9 Å². The molecule has 0 spiro atoms. The van der Waals surface area contributed by atoms with E-state index in [1.807, 2.05) is 12.3 Å². The Labute approximate surface area is 144 Å². The minimum Gasteiger partial charge on any atom is -0.376 e. The molecule has 7 nitrogen and oxygen atoms in total. The minimum absolute atomic E-state index is 0.123. The van der Waals surface area contributed by atoms with Crippen molar-refractivity contribution in [1.82, 2.24) is 10.3 Å². The van der Waals surface area contributed by atoms with E-state index in [1.54, 1.807) is 17.4 Å². The number of thiazole rings is 1. The van der Waals surface area contributed by atoms with Crippen molar-refractivity contribution in [3.8, 4) is 0 Å². The molecular weight excluding hydrogens is 328 g/mol. The van der Waals surface area contributed by atoms with Gasteiger partial charge in [0.2, 0.25) is 0 Å². The third-order valence-corrected chi connectivity index (χ3v) is 4.70. The summed E-state index contributed by atoms with van der Waals surface area (Å²) in [4.78, 5) is 27.0. The van der Waals surface area contributed by atoms with E-state index in [2.05, 4.69) is 29.5 Å². The molecule has 0 fully saturated rings. The third-order valence-electron chi connectivity index (χ3n) is 3.53. The lowest BCUT2D eigenvalue weighted by molar-refractivity contribution is -0.384. The number of nitro benzene ring substituents is 1. The number of aromatic nitrogens is 1. The lowest BCUT2D eigenvalue weighted by atomic mass is 10.1. The van der Waals surface area contributed by atoms with Crippen LogP contribution in [0.2, 0.25) is 0 Å². The van der Waals surface area contributed by atoms with Gasteiger partial charge in [0.25, 0.3) is 11.6 Å². The highest BCUT2D eigenvalue weighted by atomic mass is 32.1. The standard InChI is InChI=1S/C16H20N4O3S/c1-9(2)16-19-14(8-24-16)10(3)18-13-6-5-11(20(22)23)7-12(13)15(21)17-4/h5-10,18H,1-4H3,(H,17,21). The van der Waals surface area contributed by atoms with Gasteiger partial charge < -0.3 is 10.6 Å². The van der Waals surface area contributed by atoms with E-state index in [4.69, 9.17) is 0 Å². The van der Waals surface area contributed by atoms with E-state index >= 15 is 0 Å². The fraction of sp³-hybridized carbons (Fsp3) is 0.375. The number of amides is 1. The third kappa shape index (κ3) is 3.88. The molecular formula is C16H20N4O3S. The van der Waals surface area contributed by atoms with Gasteiger partial charge in [-0.15, -0.1) is 11.3 Å². The number of nitro groups is 1. The van der Waals surface area contributed by atoms with Gasteiger partial charge in [0.15, 0.2) is 0 Å². The zero-order valence-electron chi connectivity index (χ0n) is 14.0. The first-order chi connectivity index (χ1) is 11.3. The van der Waals surface area contributed by atoms with Crippen LogP contribution in [0.4, 0.5) is 11.4 Å². The van der Waals surface area contributed by atoms with Crippen molar-refractivity contribution in [3.05, 3.63) is 50.0 Å². The molecule has 0 radical (unpaired) electrons. The normalized spacial score (nSPS) is 12.0. The molecule has 0 aliphatic heterocycles. The topological polar surface area (TPSA) is 97.2 Å². The fourth-order valence-corrected chi connectivity index (χ4v) is 3.09. The average molecular weight is 348 g/mol. The number of carbonyl (C=O) groups excluding carboxylic acids is 1. The monoisotopic (exact) mass is 348 g/mol. The number of hydrogen-bond donors (Lipinski definition) is 2. The molecule has 8 heteroatoms. The highest BCUT2D eigenvalue weighted by Gasteiger charge is 2.19. The maximum absolute atomic E-state index is 12.0. The second-order valence-electron chi connectivity index (χ2n) is 5.70. The molecule has 0 saturated heterocycles. The molecule has 1 amide bonds. The number of hydrogen-bond acceptors (Lipinski definition) is 6. The molecule has 2 N–H and O–H groups in total. The first-order valence-corrected chi connectivity index (χ1v) is 8.43. The van der Waals surface area contributed by atoms with Crippen molar-refractivity contribution in [3.63, 3.8) is 0 Å². The summed E-state index contributed by atoms with van der Waals surface area (Å²) in [6.07, 6.45) is 0. The van der Waals surface area contributed by atoms with Crippen LogP contribution in [-0.2, 0) is 0 Å². The van der Waals surface area contributed by atoms with Gasteiger partial charge in [0.05, 0.1) is 27.2 Å². The molecule has 1 heterocycles. The van der Waals surface area contributed by atoms with Gasteiger partial charge >= 0.3 is 0 Å². The molecule has 2 aromatic rings. The van der Waals surface area contributed by atoms with Crippen molar-refractivity contribution in [2.45, 2.75) is 32.7 Å². The molecule has 0 bridgehead atoms. The maximum Gasteiger partial charge on any atom is 0.270 e. The molecule has 0 aliphatic rings. The number of benzene rings is 1. The van der Waals surface area contributed by atoms with Crippen LogP contribution in [-0.4, -0.2) is 22.9 Å². The Hall–Kier alpha value is -2.48. The zero-order valence-corrected chi connectivity index (χ0v) is 14.8. The van der Waals surface area contributed by atoms with Crippen LogP contribution >= 0.6 is 11.3 Å². The second-order valence-corrected chi connectivity index (χ2v) is 6.59. The van der Waals surface area contributed by atoms with Gasteiger partial charge in [0, 0.05) is 36.2 Å². The summed E-state index contributed by atoms with van der Waals surface area (Å²) < 4.78 is 0. The summed E-state index contributed by atoms with van der Waals surface area (Å²) in [7, 11) is 1.49. The molecule has 128 valence electrons. The van der Waals surface area contributed by atoms with E-state index in [0.717, 1.165) is 10.7 Å². The fourth-order valence-electron chi connectivity index (χ4n) is 2.17. The Kier molecular flexibility index (Phi) is 5.50. The molecule has 1 unspecified atom stereocenters. The van der Waals surface area contributed by atoms with Gasteiger partial charge in [-0.05, 0) is 13.0 Å². The number of nitrogens with one attached hydrogen (secondary N) is 2. The van der Waals surface area contributed by atoms with E-state index in [-0.39, 0.29) is 23.2 Å². The number of non-ortho nitro benzene ring substituents is 1. The predicted molar refractivity (Wildman–Crippen MR) is 94.7 cm³/mol. The molecule has 0 saturated carbocycles. The first kappa shape index (κ1) is 17.9. The van der Waals surface area contributed by atoms with Crippen molar-refractivity contribution < 1.29 is 9.72 Å². The Morgan fingerprint density at radius 3 is 2.58 bits per heavy atom. The van der Waals surface area contributed by atoms with Crippen LogP contribution in [0.1, 0.15) is 53.8 Å². The van der Waals surface area contributed by atoms with Crippen LogP contribution in [0.5, 0.6) is 0 Å². The minimum atomic E-state index is -0.519. The van der Waals surface area contributed by atoms with Crippen LogP contribution in [0.25, 0.3) is 0 Å². The van der Waals surface area contributed by atoms with Crippen LogP contribution in [0, 0.1) is 10.1 Å². The average Bonchev–Trinajstić information content (AvgIpc) is 3.04. The van der Waals surface area contributed by atoms with Gasteiger partial charge in [-0.25, -0.2) is 4.98 Å². The maximum atomic E-state index is 12.0. The van der Waals surface area contributed by atoms with Gasteiger partial charge in [-0.2, -0.15) is 0 Å². The summed E-state index contributed by atoms with van der Waals surface area (Å²) in [6, 6.07) is 4.07. The Morgan fingerprint density at radius 2 is 2.04 bits per heavy atom. The number of carbonyl (C=O) groups is 1. The van der Waals surface area contributed by atoms with Crippen molar-refractivity contribution in [2.24, 2.45) is 0 Å². The van der Waals surface area contributed by atoms with Crippen molar-refractivity contribution in [2.75, 3.05) is 12.4 Å². The van der Waals surface area contributed by atoms with E-state index in [1.165, 1.54) is 19.2 Å². The van der Waals surface area contributed by atoms with Crippen molar-refractivity contribution >= 4 is 28.6 Å². The Balaban J connectivity index is 2.30. The summed E-state index contributed by atoms with van der Waals surface area (Å²) in [6.45, 7) is 6.11. The summed E-state index contributed by atoms with van der Waals surface area (Å²) in [5, 5.41) is 19.7. The first-order valence-electron chi connectivity index (χ1n) is 7.55. The lowest BCUT2D eigenvalue weighted by Gasteiger charge is -2.16. The smallest absolute Gasteiger partial charge is 0.270 e. The summed E-state index contributed by atoms with van der Waals surface area (Å²) >= 11 is 1.60. The Morgan fingerprint density at radius 1 is 1.33 bits per heavy atom. The molecule has 2 rings (SSSR count). The van der Waals surface area contributed by atoms with Crippen LogP contribution in [0.15, 0.2) is 23.6 Å². The number of anilines is 1. The van der Waals surface area contributed by atoms with E-state index in [9.17, 15) is 14.9 Å². The molecule has 1 aromatic carbocycles. The molecule has 1 atom stereocenters. The van der Waals surface area contributed by atoms with E-state index < -0.39 is 4.92 Å². The number of rotatable bonds is 6. The largest absolute Gasteiger partial charge is 0.376 e. The SMILES string of the molecule is CNC(=O)c1cc([N+](=O)[O-])ccc1NC(C)c1csc(C(C)C)n1. The number of nitrogens with zero attached hydrogens (tertiary/aromatic N) is 2. The van der Waals surface area contributed by atoms with E-state index in [0.29, 0.717) is 11.6 Å². The quantitative estimate of drug-likeness (QED) is 0.613. The summed E-state index contributed by atoms with van der Waals surface area (Å²) in [5.74, 6) is -0.0219. The van der Waals surface area contributed by atoms with Gasteiger partial charge in [-0.1, -0.05) is 13.8 Å². The molecule has 24 heavy (non-hydrogen) atoms. The van der Waals surface area contributed by atoms with Crippen molar-refractivity contribution in [1.29, 1.82) is 0 Å². The zero-order chi connectivity index (χ0) is 17.9. The predicted octanol–water partition coefficient (Wildman–Crippen LogP) is 3.71. The van der Waals surface area contributed by atoms with Crippen LogP contribution < -0.4 is 10.6 Å². The van der Waals surface area contributed by atoms with Crippen LogP contribution in [0.3, 0.4) is 0 Å². The highest BCUT2D eigenvalue weighted by molar-refractivity contribution is 7.09. The summed E-state index contributed by atoms with van der Waals surface area (Å²) in [5.41, 5.74) is 1.52. The van der Waals surface area contributed by atoms with Gasteiger partial charge in [0.1, 0.15) is 0 Å². The second kappa shape index (κ2) is 7.39. The Bertz CT molecular complexity index is 758. The molecule has 0 aliphatic carbocycles.